The molecule has 8 heteroatoms. The third-order valence-corrected chi connectivity index (χ3v) is 16.8. The van der Waals surface area contributed by atoms with Gasteiger partial charge in [0.1, 0.15) is 34.5 Å². The van der Waals surface area contributed by atoms with Crippen LogP contribution in [-0.2, 0) is 9.13 Å². The maximum Gasteiger partial charge on any atom is 0.175 e. The third kappa shape index (κ3) is 7.57. The van der Waals surface area contributed by atoms with Gasteiger partial charge in [0, 0.05) is 32.3 Å². The van der Waals surface area contributed by atoms with Gasteiger partial charge < -0.3 is 28.1 Å². The lowest BCUT2D eigenvalue weighted by molar-refractivity contribution is 0.409. The van der Waals surface area contributed by atoms with Crippen molar-refractivity contribution in [3.63, 3.8) is 0 Å². The fraction of sp³-hybridized carbons (Fsp3) is 0.0769. The van der Waals surface area contributed by atoms with Crippen LogP contribution in [0, 0.1) is 13.8 Å². The first-order valence-corrected chi connectivity index (χ1v) is 23.0. The van der Waals surface area contributed by atoms with E-state index in [0.717, 1.165) is 11.1 Å². The molecule has 0 amide bonds. The molecule has 298 valence electrons. The monoisotopic (exact) mass is 826 g/mol. The van der Waals surface area contributed by atoms with Crippen molar-refractivity contribution in [3.05, 3.63) is 205 Å². The van der Waals surface area contributed by atoms with Crippen LogP contribution in [0.4, 0.5) is 0 Å². The summed E-state index contributed by atoms with van der Waals surface area (Å²) < 4.78 is 60.3. The van der Waals surface area contributed by atoms with E-state index < -0.39 is 14.3 Å². The van der Waals surface area contributed by atoms with Crippen molar-refractivity contribution in [3.8, 4) is 45.6 Å². The summed E-state index contributed by atoms with van der Waals surface area (Å²) in [6.45, 7) is 4.02. The summed E-state index contributed by atoms with van der Waals surface area (Å²) in [7, 11) is -4.71. The highest BCUT2D eigenvalue weighted by Gasteiger charge is 2.43. The Morgan fingerprint density at radius 1 is 0.333 bits per heavy atom. The molecule has 8 aromatic rings. The number of rotatable bonds is 13. The van der Waals surface area contributed by atoms with Crippen molar-refractivity contribution in [1.82, 2.24) is 0 Å². The highest BCUT2D eigenvalue weighted by molar-refractivity contribution is 7.86. The SMILES string of the molecule is COc1ccc(Oc2ccc(C)cc2)c(P(=O)(c2ccccc2)c2ccccc2)c1-c1c(OC)ccc(Oc2ccc(C)cc2)c1P(=O)(c1ccccc1)c1ccccc1. The van der Waals surface area contributed by atoms with Gasteiger partial charge in [-0.05, 0) is 62.4 Å². The van der Waals surface area contributed by atoms with E-state index in [1.165, 1.54) is 0 Å². The molecule has 0 fully saturated rings. The van der Waals surface area contributed by atoms with Gasteiger partial charge in [0.2, 0.25) is 0 Å². The Balaban J connectivity index is 1.59. The average molecular weight is 827 g/mol. The summed E-state index contributed by atoms with van der Waals surface area (Å²) in [5.41, 5.74) is 2.92. The molecule has 0 N–H and O–H groups in total. The van der Waals surface area contributed by atoms with Crippen molar-refractivity contribution < 1.29 is 28.1 Å². The van der Waals surface area contributed by atoms with Gasteiger partial charge in [0.05, 0.1) is 24.8 Å². The van der Waals surface area contributed by atoms with Crippen molar-refractivity contribution in [2.24, 2.45) is 0 Å². The number of methoxy groups -OCH3 is 2. The minimum atomic E-state index is -3.93. The van der Waals surface area contributed by atoms with Crippen LogP contribution in [0.25, 0.3) is 11.1 Å². The van der Waals surface area contributed by atoms with Gasteiger partial charge in [-0.2, -0.15) is 0 Å². The van der Waals surface area contributed by atoms with Crippen LogP contribution in [0.1, 0.15) is 11.1 Å². The molecule has 0 aliphatic carbocycles. The Morgan fingerprint density at radius 3 is 0.867 bits per heavy atom. The normalized spacial score (nSPS) is 11.5. The van der Waals surface area contributed by atoms with Crippen LogP contribution in [0.5, 0.6) is 34.5 Å². The fourth-order valence-electron chi connectivity index (χ4n) is 7.55. The molecule has 0 saturated carbocycles. The quantitative estimate of drug-likeness (QED) is 0.108. The second kappa shape index (κ2) is 17.3. The molecule has 0 radical (unpaired) electrons. The third-order valence-electron chi connectivity index (χ3n) is 10.5. The molecule has 8 rings (SSSR count). The number of hydrogen-bond acceptors (Lipinski definition) is 6. The van der Waals surface area contributed by atoms with E-state index in [0.29, 0.717) is 77.5 Å². The Kier molecular flexibility index (Phi) is 11.6. The Bertz CT molecular complexity index is 2540. The second-order valence-corrected chi connectivity index (χ2v) is 19.8. The highest BCUT2D eigenvalue weighted by atomic mass is 31.2. The van der Waals surface area contributed by atoms with Gasteiger partial charge in [0.15, 0.2) is 14.3 Å². The molecule has 0 unspecified atom stereocenters. The number of hydrogen-bond donors (Lipinski definition) is 0. The van der Waals surface area contributed by atoms with Gasteiger partial charge in [-0.15, -0.1) is 0 Å². The lowest BCUT2D eigenvalue weighted by atomic mass is 10.0. The zero-order valence-corrected chi connectivity index (χ0v) is 35.6. The molecule has 0 aliphatic heterocycles. The zero-order chi connectivity index (χ0) is 41.7. The van der Waals surface area contributed by atoms with E-state index in [1.54, 1.807) is 38.5 Å². The summed E-state index contributed by atoms with van der Waals surface area (Å²) in [4.78, 5) is 0. The predicted octanol–water partition coefficient (Wildman–Crippen LogP) is 10.9. The molecule has 8 aromatic carbocycles. The Hall–Kier alpha value is -6.58. The summed E-state index contributed by atoms with van der Waals surface area (Å²) in [6, 6.07) is 60.3. The van der Waals surface area contributed by atoms with Crippen LogP contribution in [-0.4, -0.2) is 14.2 Å². The Morgan fingerprint density at radius 2 is 0.600 bits per heavy atom. The molecule has 60 heavy (non-hydrogen) atoms. The van der Waals surface area contributed by atoms with Crippen LogP contribution in [0.15, 0.2) is 194 Å². The van der Waals surface area contributed by atoms with E-state index in [4.69, 9.17) is 18.9 Å². The van der Waals surface area contributed by atoms with E-state index in [9.17, 15) is 0 Å². The molecule has 0 atom stereocenters. The first-order chi connectivity index (χ1) is 29.2. The summed E-state index contributed by atoms with van der Waals surface area (Å²) in [6.07, 6.45) is 0. The first-order valence-electron chi connectivity index (χ1n) is 19.6. The maximum atomic E-state index is 17.0. The second-order valence-electron chi connectivity index (χ2n) is 14.4. The maximum absolute atomic E-state index is 17.0. The summed E-state index contributed by atoms with van der Waals surface area (Å²) in [5, 5.41) is 2.98. The smallest absolute Gasteiger partial charge is 0.175 e. The van der Waals surface area contributed by atoms with Gasteiger partial charge in [-0.1, -0.05) is 157 Å². The summed E-state index contributed by atoms with van der Waals surface area (Å²) >= 11 is 0. The van der Waals surface area contributed by atoms with Gasteiger partial charge in [-0.3, -0.25) is 0 Å². The lowest BCUT2D eigenvalue weighted by Crippen LogP contribution is -2.31. The molecule has 0 saturated heterocycles. The number of aryl methyl sites for hydroxylation is 2. The Labute approximate surface area is 351 Å². The molecule has 0 heterocycles. The van der Waals surface area contributed by atoms with Crippen molar-refractivity contribution in [1.29, 1.82) is 0 Å². The average Bonchev–Trinajstić information content (AvgIpc) is 3.30. The predicted molar refractivity (Wildman–Crippen MR) is 246 cm³/mol. The first kappa shape index (κ1) is 40.2. The molecule has 0 aromatic heterocycles. The van der Waals surface area contributed by atoms with Crippen LogP contribution in [0.2, 0.25) is 0 Å². The van der Waals surface area contributed by atoms with E-state index in [-0.39, 0.29) is 0 Å². The highest BCUT2D eigenvalue weighted by Crippen LogP contribution is 2.56. The largest absolute Gasteiger partial charge is 0.496 e. The summed E-state index contributed by atoms with van der Waals surface area (Å²) in [5.74, 6) is 2.50. The van der Waals surface area contributed by atoms with Crippen molar-refractivity contribution >= 4 is 46.1 Å². The van der Waals surface area contributed by atoms with Crippen LogP contribution < -0.4 is 50.8 Å². The van der Waals surface area contributed by atoms with E-state index in [2.05, 4.69) is 0 Å². The van der Waals surface area contributed by atoms with E-state index in [1.807, 2.05) is 184 Å². The van der Waals surface area contributed by atoms with Gasteiger partial charge in [-0.25, -0.2) is 0 Å². The molecular weight excluding hydrogens is 783 g/mol. The number of benzene rings is 8. The number of ether oxygens (including phenoxy) is 4. The standard InChI is InChI=1S/C52H44O6P2/c1-37-25-29-39(30-26-37)57-47-35-33-45(55-3)49(51(47)59(53,41-17-9-5-10-18-41)42-19-11-6-12-20-42)50-46(56-4)34-36-48(58-40-31-27-38(2)28-32-40)52(50)60(54,43-21-13-7-14-22-43)44-23-15-8-16-24-44/h5-36H,1-4H3. The van der Waals surface area contributed by atoms with Crippen molar-refractivity contribution in [2.45, 2.75) is 13.8 Å². The molecule has 0 bridgehead atoms. The van der Waals surface area contributed by atoms with Crippen LogP contribution in [0.3, 0.4) is 0 Å². The molecule has 6 nitrogen and oxygen atoms in total. The molecular formula is C52H44O6P2. The van der Waals surface area contributed by atoms with E-state index >= 15 is 9.13 Å². The van der Waals surface area contributed by atoms with Gasteiger partial charge in [0.25, 0.3) is 0 Å². The van der Waals surface area contributed by atoms with Gasteiger partial charge >= 0.3 is 0 Å². The zero-order valence-electron chi connectivity index (χ0n) is 33.8. The topological polar surface area (TPSA) is 71.1 Å². The lowest BCUT2D eigenvalue weighted by Gasteiger charge is -2.30. The fourth-order valence-corrected chi connectivity index (χ4v) is 13.5. The molecule has 0 aliphatic rings. The van der Waals surface area contributed by atoms with Crippen LogP contribution >= 0.6 is 14.3 Å². The molecule has 0 spiro atoms. The van der Waals surface area contributed by atoms with Crippen molar-refractivity contribution in [2.75, 3.05) is 14.2 Å². The minimum Gasteiger partial charge on any atom is -0.496 e. The minimum absolute atomic E-state index is 0.331.